The molecule has 0 spiro atoms. The topological polar surface area (TPSA) is 48.1 Å². The van der Waals surface area contributed by atoms with Gasteiger partial charge in [0.2, 0.25) is 5.91 Å². The Balaban J connectivity index is 1.28. The van der Waals surface area contributed by atoms with E-state index >= 15 is 0 Å². The lowest BCUT2D eigenvalue weighted by Crippen LogP contribution is -2.41. The average Bonchev–Trinajstić information content (AvgIpc) is 3.40. The summed E-state index contributed by atoms with van der Waals surface area (Å²) < 4.78 is 0. The monoisotopic (exact) mass is 409 g/mol. The summed E-state index contributed by atoms with van der Waals surface area (Å²) in [6.45, 7) is 5.30. The van der Waals surface area contributed by atoms with E-state index in [1.807, 2.05) is 6.07 Å². The van der Waals surface area contributed by atoms with Crippen LogP contribution in [0, 0.1) is 5.92 Å². The van der Waals surface area contributed by atoms with Crippen molar-refractivity contribution in [1.29, 1.82) is 0 Å². The first-order chi connectivity index (χ1) is 14.2. The summed E-state index contributed by atoms with van der Waals surface area (Å²) in [4.78, 5) is 19.7. The molecule has 3 aromatic rings. The number of amides is 1. The Morgan fingerprint density at radius 1 is 1.24 bits per heavy atom. The smallest absolute Gasteiger partial charge is 0.220 e. The van der Waals surface area contributed by atoms with Gasteiger partial charge in [0, 0.05) is 34.9 Å². The summed E-state index contributed by atoms with van der Waals surface area (Å²) in [5.74, 6) is 0.978. The number of aromatic nitrogens is 1. The van der Waals surface area contributed by atoms with Gasteiger partial charge in [-0.25, -0.2) is 0 Å². The van der Waals surface area contributed by atoms with Crippen LogP contribution in [0.15, 0.2) is 48.0 Å². The van der Waals surface area contributed by atoms with E-state index in [0.29, 0.717) is 19.0 Å². The molecule has 1 amide bonds. The molecule has 4 rings (SSSR count). The van der Waals surface area contributed by atoms with Crippen molar-refractivity contribution < 1.29 is 4.79 Å². The van der Waals surface area contributed by atoms with Crippen molar-refractivity contribution in [2.24, 2.45) is 5.92 Å². The molecule has 1 unspecified atom stereocenters. The Hall–Kier alpha value is -2.11. The zero-order valence-corrected chi connectivity index (χ0v) is 18.0. The van der Waals surface area contributed by atoms with Gasteiger partial charge in [0.15, 0.2) is 0 Å². The number of aryl methyl sites for hydroxylation is 1. The van der Waals surface area contributed by atoms with Crippen molar-refractivity contribution in [2.45, 2.75) is 45.1 Å². The third-order valence-corrected chi connectivity index (χ3v) is 7.12. The molecule has 2 aromatic heterocycles. The van der Waals surface area contributed by atoms with Gasteiger partial charge in [-0.2, -0.15) is 0 Å². The molecule has 0 saturated carbocycles. The largest absolute Gasteiger partial charge is 0.361 e. The maximum Gasteiger partial charge on any atom is 0.220 e. The predicted molar refractivity (Wildman–Crippen MR) is 121 cm³/mol. The number of rotatable bonds is 8. The maximum atomic E-state index is 12.5. The van der Waals surface area contributed by atoms with E-state index in [9.17, 15) is 4.79 Å². The fourth-order valence-corrected chi connectivity index (χ4v) is 5.17. The number of fused-ring (bicyclic) bond motifs is 1. The maximum absolute atomic E-state index is 12.5. The number of benzene rings is 1. The minimum absolute atomic E-state index is 0.164. The Kier molecular flexibility index (Phi) is 6.67. The molecule has 1 aliphatic heterocycles. The summed E-state index contributed by atoms with van der Waals surface area (Å²) in [7, 11) is 0. The van der Waals surface area contributed by atoms with E-state index in [4.69, 9.17) is 0 Å². The summed E-state index contributed by atoms with van der Waals surface area (Å²) in [6, 6.07) is 13.0. The molecule has 4 nitrogen and oxygen atoms in total. The Morgan fingerprint density at radius 2 is 2.07 bits per heavy atom. The number of thiophene rings is 1. The second-order valence-electron chi connectivity index (χ2n) is 8.27. The van der Waals surface area contributed by atoms with Gasteiger partial charge in [-0.05, 0) is 67.8 Å². The van der Waals surface area contributed by atoms with Gasteiger partial charge in [-0.15, -0.1) is 11.3 Å². The number of carbonyl (C=O) groups excluding carboxylic acids is 1. The van der Waals surface area contributed by atoms with Gasteiger partial charge in [0.05, 0.1) is 6.04 Å². The first-order valence-corrected chi connectivity index (χ1v) is 11.7. The number of para-hydroxylation sites is 1. The van der Waals surface area contributed by atoms with Crippen molar-refractivity contribution in [2.75, 3.05) is 19.6 Å². The van der Waals surface area contributed by atoms with Crippen LogP contribution >= 0.6 is 11.3 Å². The van der Waals surface area contributed by atoms with Crippen LogP contribution in [-0.2, 0) is 11.2 Å². The molecule has 29 heavy (non-hydrogen) atoms. The minimum Gasteiger partial charge on any atom is -0.361 e. The highest BCUT2D eigenvalue weighted by Crippen LogP contribution is 2.29. The second-order valence-corrected chi connectivity index (χ2v) is 9.25. The van der Waals surface area contributed by atoms with Crippen LogP contribution < -0.4 is 5.32 Å². The number of hydrogen-bond acceptors (Lipinski definition) is 3. The van der Waals surface area contributed by atoms with Crippen molar-refractivity contribution in [3.63, 3.8) is 0 Å². The van der Waals surface area contributed by atoms with Crippen LogP contribution in [0.5, 0.6) is 0 Å². The molecule has 5 heteroatoms. The van der Waals surface area contributed by atoms with Crippen molar-refractivity contribution >= 4 is 28.1 Å². The SMILES string of the molecule is CC1CCN(C(CNC(=O)CCCc2c[nH]c3ccccc23)c2cccs2)CC1. The molecule has 1 aliphatic rings. The van der Waals surface area contributed by atoms with E-state index in [1.54, 1.807) is 11.3 Å². The number of piperidine rings is 1. The Morgan fingerprint density at radius 3 is 2.86 bits per heavy atom. The molecule has 3 heterocycles. The van der Waals surface area contributed by atoms with E-state index < -0.39 is 0 Å². The molecule has 0 radical (unpaired) electrons. The van der Waals surface area contributed by atoms with E-state index in [0.717, 1.165) is 31.8 Å². The minimum atomic E-state index is 0.164. The molecule has 1 atom stereocenters. The number of nitrogens with one attached hydrogen (secondary N) is 2. The van der Waals surface area contributed by atoms with E-state index in [2.05, 4.69) is 64.0 Å². The second kappa shape index (κ2) is 9.59. The molecule has 0 bridgehead atoms. The lowest BCUT2D eigenvalue weighted by molar-refractivity contribution is -0.121. The van der Waals surface area contributed by atoms with Crippen LogP contribution in [0.2, 0.25) is 0 Å². The van der Waals surface area contributed by atoms with Crippen LogP contribution in [0.25, 0.3) is 10.9 Å². The lowest BCUT2D eigenvalue weighted by atomic mass is 9.97. The van der Waals surface area contributed by atoms with Gasteiger partial charge in [-0.1, -0.05) is 31.2 Å². The Labute approximate surface area is 177 Å². The normalized spacial score (nSPS) is 16.9. The fraction of sp³-hybridized carbons (Fsp3) is 0.458. The van der Waals surface area contributed by atoms with Gasteiger partial charge >= 0.3 is 0 Å². The molecule has 2 N–H and O–H groups in total. The van der Waals surface area contributed by atoms with Crippen molar-refractivity contribution in [1.82, 2.24) is 15.2 Å². The van der Waals surface area contributed by atoms with Crippen molar-refractivity contribution in [3.05, 3.63) is 58.4 Å². The van der Waals surface area contributed by atoms with Crippen LogP contribution in [0.1, 0.15) is 49.1 Å². The van der Waals surface area contributed by atoms with Crippen molar-refractivity contribution in [3.8, 4) is 0 Å². The van der Waals surface area contributed by atoms with Crippen LogP contribution in [0.4, 0.5) is 0 Å². The molecule has 1 saturated heterocycles. The average molecular weight is 410 g/mol. The predicted octanol–water partition coefficient (Wildman–Crippen LogP) is 5.14. The number of aromatic amines is 1. The number of likely N-dealkylation sites (tertiary alicyclic amines) is 1. The van der Waals surface area contributed by atoms with E-state index in [-0.39, 0.29) is 5.91 Å². The lowest BCUT2D eigenvalue weighted by Gasteiger charge is -2.36. The summed E-state index contributed by atoms with van der Waals surface area (Å²) in [5, 5.41) is 6.62. The molecular weight excluding hydrogens is 378 g/mol. The first-order valence-electron chi connectivity index (χ1n) is 10.8. The summed E-state index contributed by atoms with van der Waals surface area (Å²) >= 11 is 1.80. The number of nitrogens with zero attached hydrogens (tertiary/aromatic N) is 1. The highest BCUT2D eigenvalue weighted by Gasteiger charge is 2.25. The molecule has 1 fully saturated rings. The molecule has 154 valence electrons. The van der Waals surface area contributed by atoms with Gasteiger partial charge in [-0.3, -0.25) is 9.69 Å². The standard InChI is InChI=1S/C24H31N3OS/c1-18-11-13-27(14-12-18)22(23-9-5-15-29-23)17-26-24(28)10-4-6-19-16-25-21-8-3-2-7-20(19)21/h2-3,5,7-9,15-16,18,22,25H,4,6,10-14,17H2,1H3,(H,26,28). The highest BCUT2D eigenvalue weighted by atomic mass is 32.1. The zero-order chi connectivity index (χ0) is 20.1. The summed E-state index contributed by atoms with van der Waals surface area (Å²) in [6.07, 6.45) is 6.95. The molecule has 1 aromatic carbocycles. The van der Waals surface area contributed by atoms with Crippen LogP contribution in [-0.4, -0.2) is 35.4 Å². The van der Waals surface area contributed by atoms with Gasteiger partial charge in [0.25, 0.3) is 0 Å². The first kappa shape index (κ1) is 20.2. The zero-order valence-electron chi connectivity index (χ0n) is 17.2. The third kappa shape index (κ3) is 5.09. The third-order valence-electron chi connectivity index (χ3n) is 6.15. The highest BCUT2D eigenvalue weighted by molar-refractivity contribution is 7.10. The van der Waals surface area contributed by atoms with E-state index in [1.165, 1.54) is 34.2 Å². The van der Waals surface area contributed by atoms with Gasteiger partial charge in [0.1, 0.15) is 0 Å². The number of H-pyrrole nitrogens is 1. The quantitative estimate of drug-likeness (QED) is 0.541. The van der Waals surface area contributed by atoms with Gasteiger partial charge < -0.3 is 10.3 Å². The summed E-state index contributed by atoms with van der Waals surface area (Å²) in [5.41, 5.74) is 2.47. The molecular formula is C24H31N3OS. The molecule has 0 aliphatic carbocycles. The Bertz CT molecular complexity index is 909. The van der Waals surface area contributed by atoms with Crippen LogP contribution in [0.3, 0.4) is 0 Å². The number of carbonyl (C=O) groups is 1. The number of hydrogen-bond donors (Lipinski definition) is 2. The fourth-order valence-electron chi connectivity index (χ4n) is 4.31.